The summed E-state index contributed by atoms with van der Waals surface area (Å²) in [6, 6.07) is 5.62. The Labute approximate surface area is 122 Å². The predicted octanol–water partition coefficient (Wildman–Crippen LogP) is 1.61. The first kappa shape index (κ1) is 15.4. The molecule has 7 nitrogen and oxygen atoms in total. The fourth-order valence-electron chi connectivity index (χ4n) is 1.17. The number of carboxylic acid groups (broad SMARTS) is 1. The summed E-state index contributed by atoms with van der Waals surface area (Å²) in [6.07, 6.45) is 1.30. The Balaban J connectivity index is 2.72. The highest BCUT2D eigenvalue weighted by Gasteiger charge is 2.09. The summed E-state index contributed by atoms with van der Waals surface area (Å²) in [5.74, 6) is -2.20. The van der Waals surface area contributed by atoms with Crippen LogP contribution in [0, 0.1) is 11.3 Å². The van der Waals surface area contributed by atoms with Gasteiger partial charge in [0.2, 0.25) is 0 Å². The van der Waals surface area contributed by atoms with Crippen molar-refractivity contribution in [1.82, 2.24) is 5.32 Å². The van der Waals surface area contributed by atoms with Crippen molar-refractivity contribution in [3.63, 3.8) is 0 Å². The molecule has 3 N–H and O–H groups in total. The van der Waals surface area contributed by atoms with Crippen LogP contribution in [0.1, 0.15) is 5.56 Å². The van der Waals surface area contributed by atoms with Crippen molar-refractivity contribution in [1.29, 1.82) is 5.26 Å². The molecule has 0 radical (unpaired) electrons. The van der Waals surface area contributed by atoms with Gasteiger partial charge in [-0.25, -0.2) is 9.59 Å². The van der Waals surface area contributed by atoms with E-state index in [9.17, 15) is 14.4 Å². The van der Waals surface area contributed by atoms with Crippen LogP contribution in [0.3, 0.4) is 0 Å². The number of nitrogens with zero attached hydrogens (tertiary/aromatic N) is 1. The van der Waals surface area contributed by atoms with E-state index in [0.29, 0.717) is 16.6 Å². The number of carboxylic acids is 1. The Hall–Kier alpha value is -2.66. The number of urea groups is 1. The molecule has 0 spiro atoms. The number of imide groups is 1. The van der Waals surface area contributed by atoms with Gasteiger partial charge in [-0.15, -0.1) is 0 Å². The number of nitrogens with one attached hydrogen (secondary N) is 2. The average Bonchev–Trinajstić information content (AvgIpc) is 2.36. The second kappa shape index (κ2) is 7.06. The van der Waals surface area contributed by atoms with Gasteiger partial charge in [-0.05, 0) is 18.2 Å². The molecule has 1 aromatic carbocycles. The number of amides is 3. The number of carbonyl (C=O) groups is 3. The van der Waals surface area contributed by atoms with Gasteiger partial charge in [-0.2, -0.15) is 5.26 Å². The van der Waals surface area contributed by atoms with Gasteiger partial charge in [-0.1, -0.05) is 15.9 Å². The Morgan fingerprint density at radius 1 is 1.30 bits per heavy atom. The zero-order chi connectivity index (χ0) is 15.1. The molecule has 0 heterocycles. The van der Waals surface area contributed by atoms with Crippen LogP contribution in [0.25, 0.3) is 0 Å². The van der Waals surface area contributed by atoms with Crippen LogP contribution in [0.15, 0.2) is 34.8 Å². The zero-order valence-corrected chi connectivity index (χ0v) is 11.5. The highest BCUT2D eigenvalue weighted by molar-refractivity contribution is 9.10. The molecular formula is C12H8BrN3O4. The van der Waals surface area contributed by atoms with Crippen molar-refractivity contribution in [2.75, 3.05) is 5.32 Å². The van der Waals surface area contributed by atoms with Crippen molar-refractivity contribution in [2.24, 2.45) is 0 Å². The molecule has 0 bridgehead atoms. The van der Waals surface area contributed by atoms with E-state index in [-0.39, 0.29) is 11.3 Å². The molecule has 0 saturated heterocycles. The molecule has 0 saturated carbocycles. The summed E-state index contributed by atoms with van der Waals surface area (Å²) in [4.78, 5) is 32.9. The summed E-state index contributed by atoms with van der Waals surface area (Å²) >= 11 is 3.18. The van der Waals surface area contributed by atoms with Gasteiger partial charge >= 0.3 is 12.0 Å². The first-order valence-electron chi connectivity index (χ1n) is 5.15. The first-order chi connectivity index (χ1) is 9.42. The molecule has 8 heteroatoms. The van der Waals surface area contributed by atoms with Crippen LogP contribution in [0.2, 0.25) is 0 Å². The maximum absolute atomic E-state index is 11.5. The van der Waals surface area contributed by atoms with Crippen LogP contribution in [0.5, 0.6) is 0 Å². The highest BCUT2D eigenvalue weighted by atomic mass is 79.9. The molecule has 0 atom stereocenters. The Bertz CT molecular complexity index is 634. The number of halogens is 1. The number of hydrogen-bond donors (Lipinski definition) is 3. The van der Waals surface area contributed by atoms with Crippen LogP contribution < -0.4 is 10.6 Å². The van der Waals surface area contributed by atoms with Crippen molar-refractivity contribution in [3.05, 3.63) is 40.4 Å². The number of anilines is 1. The van der Waals surface area contributed by atoms with E-state index in [4.69, 9.17) is 10.4 Å². The fourth-order valence-corrected chi connectivity index (χ4v) is 1.53. The molecule has 0 aliphatic rings. The molecule has 0 aromatic heterocycles. The third-order valence-corrected chi connectivity index (χ3v) is 2.46. The van der Waals surface area contributed by atoms with Gasteiger partial charge < -0.3 is 10.4 Å². The third kappa shape index (κ3) is 4.91. The number of hydrogen-bond acceptors (Lipinski definition) is 4. The maximum Gasteiger partial charge on any atom is 0.328 e. The number of rotatable bonds is 3. The van der Waals surface area contributed by atoms with Gasteiger partial charge in [0.1, 0.15) is 6.07 Å². The van der Waals surface area contributed by atoms with Crippen molar-refractivity contribution in [2.45, 2.75) is 0 Å². The predicted molar refractivity (Wildman–Crippen MR) is 72.8 cm³/mol. The van der Waals surface area contributed by atoms with E-state index in [1.54, 1.807) is 6.07 Å². The molecule has 3 amide bonds. The van der Waals surface area contributed by atoms with E-state index < -0.39 is 17.9 Å². The van der Waals surface area contributed by atoms with E-state index in [2.05, 4.69) is 21.2 Å². The van der Waals surface area contributed by atoms with Crippen LogP contribution in [0.4, 0.5) is 10.5 Å². The third-order valence-electron chi connectivity index (χ3n) is 1.96. The summed E-state index contributed by atoms with van der Waals surface area (Å²) in [5.41, 5.74) is 0.436. The van der Waals surface area contributed by atoms with E-state index in [0.717, 1.165) is 0 Å². The van der Waals surface area contributed by atoms with Crippen molar-refractivity contribution >= 4 is 39.5 Å². The number of benzene rings is 1. The zero-order valence-electron chi connectivity index (χ0n) is 9.88. The minimum Gasteiger partial charge on any atom is -0.478 e. The minimum absolute atomic E-state index is 0.217. The molecule has 1 aromatic rings. The second-order valence-corrected chi connectivity index (χ2v) is 4.33. The lowest BCUT2D eigenvalue weighted by Gasteiger charge is -2.07. The Kier molecular flexibility index (Phi) is 5.43. The van der Waals surface area contributed by atoms with Gasteiger partial charge in [0.25, 0.3) is 5.91 Å². The summed E-state index contributed by atoms with van der Waals surface area (Å²) in [7, 11) is 0. The summed E-state index contributed by atoms with van der Waals surface area (Å²) in [5, 5.41) is 21.4. The molecule has 1 rings (SSSR count). The first-order valence-corrected chi connectivity index (χ1v) is 5.94. The topological polar surface area (TPSA) is 119 Å². The number of nitriles is 1. The van der Waals surface area contributed by atoms with Crippen molar-refractivity contribution in [3.8, 4) is 6.07 Å². The van der Waals surface area contributed by atoms with Gasteiger partial charge in [0, 0.05) is 16.6 Å². The van der Waals surface area contributed by atoms with E-state index in [1.807, 2.05) is 11.4 Å². The fraction of sp³-hybridized carbons (Fsp3) is 0. The lowest BCUT2D eigenvalue weighted by Crippen LogP contribution is -2.33. The highest BCUT2D eigenvalue weighted by Crippen LogP contribution is 2.20. The molecule has 102 valence electrons. The lowest BCUT2D eigenvalue weighted by atomic mass is 10.2. The molecule has 0 aliphatic heterocycles. The second-order valence-electron chi connectivity index (χ2n) is 3.42. The van der Waals surface area contributed by atoms with Crippen LogP contribution in [-0.2, 0) is 9.59 Å². The van der Waals surface area contributed by atoms with E-state index in [1.165, 1.54) is 12.1 Å². The average molecular weight is 338 g/mol. The maximum atomic E-state index is 11.5. The smallest absolute Gasteiger partial charge is 0.328 e. The monoisotopic (exact) mass is 337 g/mol. The van der Waals surface area contributed by atoms with E-state index >= 15 is 0 Å². The summed E-state index contributed by atoms with van der Waals surface area (Å²) < 4.78 is 0.642. The normalized spacial score (nSPS) is 9.80. The quantitative estimate of drug-likeness (QED) is 0.724. The van der Waals surface area contributed by atoms with Gasteiger partial charge in [0.05, 0.1) is 11.3 Å². The lowest BCUT2D eigenvalue weighted by molar-refractivity contribution is -0.131. The standard InChI is InChI=1S/C12H8BrN3O4/c13-8-2-1-7(6-14)9(5-8)15-12(20)16-10(17)3-4-11(18)19/h1-5H,(H,18,19)(H2,15,16,17,20)/b4-3+. The van der Waals surface area contributed by atoms with Gasteiger partial charge in [0.15, 0.2) is 0 Å². The molecule has 20 heavy (non-hydrogen) atoms. The van der Waals surface area contributed by atoms with Gasteiger partial charge in [-0.3, -0.25) is 10.1 Å². The van der Waals surface area contributed by atoms with Crippen LogP contribution in [-0.4, -0.2) is 23.0 Å². The number of carbonyl (C=O) groups excluding carboxylic acids is 2. The molecule has 0 unspecified atom stereocenters. The van der Waals surface area contributed by atoms with Crippen LogP contribution >= 0.6 is 15.9 Å². The molecule has 0 fully saturated rings. The van der Waals surface area contributed by atoms with Crippen molar-refractivity contribution < 1.29 is 19.5 Å². The SMILES string of the molecule is N#Cc1ccc(Br)cc1NC(=O)NC(=O)/C=C/C(=O)O. The Morgan fingerprint density at radius 2 is 2.00 bits per heavy atom. The molecular weight excluding hydrogens is 330 g/mol. The largest absolute Gasteiger partial charge is 0.478 e. The molecule has 0 aliphatic carbocycles. The minimum atomic E-state index is -1.31. The summed E-state index contributed by atoms with van der Waals surface area (Å²) in [6.45, 7) is 0. The Morgan fingerprint density at radius 3 is 2.60 bits per heavy atom. The number of aliphatic carboxylic acids is 1.